The molecule has 0 radical (unpaired) electrons. The van der Waals surface area contributed by atoms with Crippen molar-refractivity contribution in [3.63, 3.8) is 0 Å². The summed E-state index contributed by atoms with van der Waals surface area (Å²) in [6, 6.07) is 0. The van der Waals surface area contributed by atoms with E-state index in [-0.39, 0.29) is 17.7 Å². The SMILES string of the molecule is CC(C)(CCNC(=O)CC1CCCCCC1)CCC(=O)O. The number of carbonyl (C=O) groups excluding carboxylic acids is 1. The van der Waals surface area contributed by atoms with Crippen LogP contribution in [0.5, 0.6) is 0 Å². The number of rotatable bonds is 8. The van der Waals surface area contributed by atoms with E-state index in [0.29, 0.717) is 25.3 Å². The molecule has 1 rings (SSSR count). The summed E-state index contributed by atoms with van der Waals surface area (Å²) in [7, 11) is 0. The average Bonchev–Trinajstić information content (AvgIpc) is 2.65. The number of aliphatic carboxylic acids is 1. The smallest absolute Gasteiger partial charge is 0.303 e. The third-order valence-electron chi connectivity index (χ3n) is 4.59. The lowest BCUT2D eigenvalue weighted by Crippen LogP contribution is -2.29. The van der Waals surface area contributed by atoms with Crippen LogP contribution in [0.4, 0.5) is 0 Å². The molecule has 1 saturated carbocycles. The van der Waals surface area contributed by atoms with Crippen LogP contribution in [0.1, 0.15) is 78.1 Å². The second-order valence-corrected chi connectivity index (χ2v) is 7.22. The Morgan fingerprint density at radius 2 is 1.71 bits per heavy atom. The Labute approximate surface area is 128 Å². The fourth-order valence-electron chi connectivity index (χ4n) is 3.01. The van der Waals surface area contributed by atoms with Crippen molar-refractivity contribution in [2.75, 3.05) is 6.54 Å². The first-order valence-corrected chi connectivity index (χ1v) is 8.37. The van der Waals surface area contributed by atoms with Crippen LogP contribution in [0.25, 0.3) is 0 Å². The minimum absolute atomic E-state index is 0.0337. The van der Waals surface area contributed by atoms with Crippen LogP contribution in [-0.2, 0) is 9.59 Å². The molecule has 0 heterocycles. The van der Waals surface area contributed by atoms with Crippen molar-refractivity contribution in [3.05, 3.63) is 0 Å². The molecular formula is C17H31NO3. The van der Waals surface area contributed by atoms with Crippen molar-refractivity contribution in [2.45, 2.75) is 78.1 Å². The summed E-state index contributed by atoms with van der Waals surface area (Å²) >= 11 is 0. The van der Waals surface area contributed by atoms with E-state index in [1.54, 1.807) is 0 Å². The average molecular weight is 297 g/mol. The van der Waals surface area contributed by atoms with Crippen molar-refractivity contribution in [2.24, 2.45) is 11.3 Å². The molecule has 0 spiro atoms. The van der Waals surface area contributed by atoms with Crippen LogP contribution in [0.2, 0.25) is 0 Å². The summed E-state index contributed by atoms with van der Waals surface area (Å²) in [5.74, 6) is -0.0241. The molecule has 1 fully saturated rings. The van der Waals surface area contributed by atoms with E-state index in [0.717, 1.165) is 6.42 Å². The lowest BCUT2D eigenvalue weighted by atomic mass is 9.84. The zero-order chi connectivity index (χ0) is 15.7. The van der Waals surface area contributed by atoms with Crippen LogP contribution in [0.15, 0.2) is 0 Å². The Balaban J connectivity index is 2.18. The molecule has 0 unspecified atom stereocenters. The first kappa shape index (κ1) is 18.0. The minimum Gasteiger partial charge on any atom is -0.481 e. The van der Waals surface area contributed by atoms with Crippen LogP contribution >= 0.6 is 0 Å². The molecule has 0 bridgehead atoms. The largest absolute Gasteiger partial charge is 0.481 e. The van der Waals surface area contributed by atoms with Gasteiger partial charge in [0.2, 0.25) is 5.91 Å². The van der Waals surface area contributed by atoms with E-state index in [4.69, 9.17) is 5.11 Å². The van der Waals surface area contributed by atoms with Gasteiger partial charge in [0.05, 0.1) is 0 Å². The molecule has 2 N–H and O–H groups in total. The van der Waals surface area contributed by atoms with Gasteiger partial charge in [0.25, 0.3) is 0 Å². The summed E-state index contributed by atoms with van der Waals surface area (Å²) in [5.41, 5.74) is -0.0337. The maximum Gasteiger partial charge on any atom is 0.303 e. The maximum absolute atomic E-state index is 12.0. The van der Waals surface area contributed by atoms with Crippen LogP contribution in [0.3, 0.4) is 0 Å². The molecule has 0 aromatic carbocycles. The van der Waals surface area contributed by atoms with Crippen molar-refractivity contribution in [1.29, 1.82) is 0 Å². The minimum atomic E-state index is -0.750. The van der Waals surface area contributed by atoms with E-state index in [1.807, 2.05) is 0 Å². The van der Waals surface area contributed by atoms with Gasteiger partial charge in [-0.05, 0) is 37.0 Å². The fourth-order valence-corrected chi connectivity index (χ4v) is 3.01. The van der Waals surface area contributed by atoms with Gasteiger partial charge in [-0.15, -0.1) is 0 Å². The highest BCUT2D eigenvalue weighted by Gasteiger charge is 2.20. The molecule has 4 heteroatoms. The Morgan fingerprint density at radius 3 is 2.29 bits per heavy atom. The number of hydrogen-bond donors (Lipinski definition) is 2. The highest BCUT2D eigenvalue weighted by Crippen LogP contribution is 2.27. The van der Waals surface area contributed by atoms with Crippen molar-refractivity contribution >= 4 is 11.9 Å². The molecule has 122 valence electrons. The van der Waals surface area contributed by atoms with E-state index >= 15 is 0 Å². The first-order chi connectivity index (χ1) is 9.89. The third kappa shape index (κ3) is 8.74. The Bertz CT molecular complexity index is 331. The standard InChI is InChI=1S/C17H31NO3/c1-17(2,10-9-16(20)21)11-12-18-15(19)13-14-7-5-3-4-6-8-14/h14H,3-13H2,1-2H3,(H,18,19)(H,20,21). The van der Waals surface area contributed by atoms with Gasteiger partial charge in [-0.3, -0.25) is 9.59 Å². The van der Waals surface area contributed by atoms with Crippen LogP contribution < -0.4 is 5.32 Å². The fraction of sp³-hybridized carbons (Fsp3) is 0.882. The maximum atomic E-state index is 12.0. The zero-order valence-electron chi connectivity index (χ0n) is 13.6. The number of carbonyl (C=O) groups is 2. The van der Waals surface area contributed by atoms with Crippen LogP contribution in [-0.4, -0.2) is 23.5 Å². The zero-order valence-corrected chi connectivity index (χ0v) is 13.6. The number of carboxylic acids is 1. The Morgan fingerprint density at radius 1 is 1.10 bits per heavy atom. The quantitative estimate of drug-likeness (QED) is 0.671. The lowest BCUT2D eigenvalue weighted by molar-refractivity contribution is -0.137. The second kappa shape index (κ2) is 9.06. The van der Waals surface area contributed by atoms with E-state index in [1.165, 1.54) is 38.5 Å². The van der Waals surface area contributed by atoms with Gasteiger partial charge in [0, 0.05) is 19.4 Å². The summed E-state index contributed by atoms with van der Waals surface area (Å²) in [6.07, 6.45) is 9.89. The van der Waals surface area contributed by atoms with Gasteiger partial charge >= 0.3 is 5.97 Å². The lowest BCUT2D eigenvalue weighted by Gasteiger charge is -2.24. The summed E-state index contributed by atoms with van der Waals surface area (Å²) in [4.78, 5) is 22.6. The molecule has 1 amide bonds. The van der Waals surface area contributed by atoms with Gasteiger partial charge in [-0.1, -0.05) is 39.5 Å². The Kier molecular flexibility index (Phi) is 7.76. The number of nitrogens with one attached hydrogen (secondary N) is 1. The van der Waals surface area contributed by atoms with E-state index in [2.05, 4.69) is 19.2 Å². The van der Waals surface area contributed by atoms with Crippen molar-refractivity contribution < 1.29 is 14.7 Å². The molecule has 21 heavy (non-hydrogen) atoms. The van der Waals surface area contributed by atoms with Crippen molar-refractivity contribution in [3.8, 4) is 0 Å². The molecule has 0 atom stereocenters. The summed E-state index contributed by atoms with van der Waals surface area (Å²) in [5, 5.41) is 11.7. The van der Waals surface area contributed by atoms with Crippen LogP contribution in [0, 0.1) is 11.3 Å². The predicted octanol–water partition coefficient (Wildman–Crippen LogP) is 3.74. The van der Waals surface area contributed by atoms with Gasteiger partial charge in [0.1, 0.15) is 0 Å². The third-order valence-corrected chi connectivity index (χ3v) is 4.59. The molecule has 0 saturated heterocycles. The molecule has 0 aliphatic heterocycles. The molecule has 0 aromatic rings. The highest BCUT2D eigenvalue weighted by atomic mass is 16.4. The van der Waals surface area contributed by atoms with E-state index in [9.17, 15) is 9.59 Å². The highest BCUT2D eigenvalue weighted by molar-refractivity contribution is 5.76. The Hall–Kier alpha value is -1.06. The number of amides is 1. The molecular weight excluding hydrogens is 266 g/mol. The van der Waals surface area contributed by atoms with Crippen molar-refractivity contribution in [1.82, 2.24) is 5.32 Å². The van der Waals surface area contributed by atoms with Gasteiger partial charge in [-0.25, -0.2) is 0 Å². The first-order valence-electron chi connectivity index (χ1n) is 8.37. The summed E-state index contributed by atoms with van der Waals surface area (Å²) in [6.45, 7) is 4.78. The number of hydrogen-bond acceptors (Lipinski definition) is 2. The number of carboxylic acid groups (broad SMARTS) is 1. The monoisotopic (exact) mass is 297 g/mol. The molecule has 1 aliphatic carbocycles. The van der Waals surface area contributed by atoms with E-state index < -0.39 is 5.97 Å². The second-order valence-electron chi connectivity index (χ2n) is 7.22. The van der Waals surface area contributed by atoms with Gasteiger partial charge < -0.3 is 10.4 Å². The molecule has 0 aromatic heterocycles. The molecule has 4 nitrogen and oxygen atoms in total. The predicted molar refractivity (Wildman–Crippen MR) is 84.1 cm³/mol. The topological polar surface area (TPSA) is 66.4 Å². The van der Waals surface area contributed by atoms with Gasteiger partial charge in [-0.2, -0.15) is 0 Å². The molecule has 1 aliphatic rings. The van der Waals surface area contributed by atoms with Gasteiger partial charge in [0.15, 0.2) is 0 Å². The normalized spacial score (nSPS) is 17.2. The summed E-state index contributed by atoms with van der Waals surface area (Å²) < 4.78 is 0.